The van der Waals surface area contributed by atoms with Crippen molar-refractivity contribution in [1.82, 2.24) is 0 Å². The summed E-state index contributed by atoms with van der Waals surface area (Å²) in [7, 11) is 1.26. The summed E-state index contributed by atoms with van der Waals surface area (Å²) in [5.74, 6) is -2.92. The number of methoxy groups -OCH3 is 1. The smallest absolute Gasteiger partial charge is 0.348 e. The van der Waals surface area contributed by atoms with E-state index in [2.05, 4.69) is 4.74 Å². The minimum absolute atomic E-state index is 0.213. The quantitative estimate of drug-likeness (QED) is 0.471. The molecule has 7 nitrogen and oxygen atoms in total. The highest BCUT2D eigenvalue weighted by atomic mass is 16.7. The predicted molar refractivity (Wildman–Crippen MR) is 78.2 cm³/mol. The van der Waals surface area contributed by atoms with Crippen LogP contribution in [0.4, 0.5) is 0 Å². The van der Waals surface area contributed by atoms with Crippen molar-refractivity contribution < 1.29 is 33.3 Å². The van der Waals surface area contributed by atoms with E-state index in [1.807, 2.05) is 0 Å². The van der Waals surface area contributed by atoms with Crippen LogP contribution >= 0.6 is 0 Å². The second kappa shape index (κ2) is 6.51. The summed E-state index contributed by atoms with van der Waals surface area (Å²) in [4.78, 5) is 34.8. The van der Waals surface area contributed by atoms with E-state index in [0.29, 0.717) is 11.3 Å². The van der Waals surface area contributed by atoms with Crippen LogP contribution in [0.25, 0.3) is 6.08 Å². The zero-order chi connectivity index (χ0) is 17.0. The van der Waals surface area contributed by atoms with Gasteiger partial charge in [-0.25, -0.2) is 14.4 Å². The number of esters is 3. The van der Waals surface area contributed by atoms with E-state index in [1.54, 1.807) is 24.3 Å². The van der Waals surface area contributed by atoms with Crippen LogP contribution in [0.2, 0.25) is 0 Å². The fraction of sp³-hybridized carbons (Fsp3) is 0.312. The lowest BCUT2D eigenvalue weighted by Crippen LogP contribution is -2.41. The van der Waals surface area contributed by atoms with Crippen LogP contribution in [-0.2, 0) is 28.6 Å². The molecule has 0 aromatic heterocycles. The van der Waals surface area contributed by atoms with E-state index in [0.717, 1.165) is 0 Å². The van der Waals surface area contributed by atoms with E-state index in [9.17, 15) is 14.4 Å². The molecule has 2 rings (SSSR count). The Morgan fingerprint density at radius 1 is 1.22 bits per heavy atom. The Labute approximate surface area is 132 Å². The third-order valence-corrected chi connectivity index (χ3v) is 2.87. The molecule has 0 saturated carbocycles. The molecule has 0 spiro atoms. The summed E-state index contributed by atoms with van der Waals surface area (Å²) in [6.07, 6.45) is 1.34. The molecule has 1 aliphatic heterocycles. The maximum Gasteiger partial charge on any atom is 0.348 e. The van der Waals surface area contributed by atoms with Crippen molar-refractivity contribution in [2.75, 3.05) is 13.7 Å². The molecular weight excluding hydrogens is 304 g/mol. The summed E-state index contributed by atoms with van der Waals surface area (Å²) >= 11 is 0. The number of benzene rings is 1. The van der Waals surface area contributed by atoms with Gasteiger partial charge >= 0.3 is 17.9 Å². The summed E-state index contributed by atoms with van der Waals surface area (Å²) in [5, 5.41) is 0. The highest BCUT2D eigenvalue weighted by Gasteiger charge is 2.38. The van der Waals surface area contributed by atoms with Gasteiger partial charge in [0.05, 0.1) is 7.11 Å². The van der Waals surface area contributed by atoms with Crippen LogP contribution in [0, 0.1) is 0 Å². The number of rotatable bonds is 4. The van der Waals surface area contributed by atoms with Gasteiger partial charge in [-0.3, -0.25) is 0 Å². The first-order valence-electron chi connectivity index (χ1n) is 6.79. The lowest BCUT2D eigenvalue weighted by Gasteiger charge is -2.29. The predicted octanol–water partition coefficient (Wildman–Crippen LogP) is 1.46. The van der Waals surface area contributed by atoms with Crippen molar-refractivity contribution in [3.05, 3.63) is 35.4 Å². The van der Waals surface area contributed by atoms with E-state index in [1.165, 1.54) is 27.0 Å². The number of hydrogen-bond acceptors (Lipinski definition) is 7. The first-order valence-corrected chi connectivity index (χ1v) is 6.79. The molecular formula is C16H16O7. The van der Waals surface area contributed by atoms with E-state index < -0.39 is 23.7 Å². The topological polar surface area (TPSA) is 88.1 Å². The molecule has 23 heavy (non-hydrogen) atoms. The van der Waals surface area contributed by atoms with Crippen molar-refractivity contribution >= 4 is 24.0 Å². The lowest BCUT2D eigenvalue weighted by molar-refractivity contribution is -0.222. The minimum atomic E-state index is -1.28. The average molecular weight is 320 g/mol. The van der Waals surface area contributed by atoms with Gasteiger partial charge in [0.1, 0.15) is 11.3 Å². The standard InChI is InChI=1S/C16H16O7/c1-16(2)22-14(18)12(15(19)23-16)8-10-5-4-6-11(7-10)21-9-13(17)20-3/h4-8H,9H2,1-3H3. The summed E-state index contributed by atoms with van der Waals surface area (Å²) < 4.78 is 19.7. The summed E-state index contributed by atoms with van der Waals surface area (Å²) in [6, 6.07) is 6.52. The Hall–Kier alpha value is -2.83. The van der Waals surface area contributed by atoms with Gasteiger partial charge in [0, 0.05) is 13.8 Å². The molecule has 1 fully saturated rings. The second-order valence-electron chi connectivity index (χ2n) is 5.17. The monoisotopic (exact) mass is 320 g/mol. The van der Waals surface area contributed by atoms with Gasteiger partial charge in [-0.15, -0.1) is 0 Å². The van der Waals surface area contributed by atoms with Crippen molar-refractivity contribution in [1.29, 1.82) is 0 Å². The Kier molecular flexibility index (Phi) is 4.68. The molecule has 1 aromatic carbocycles. The van der Waals surface area contributed by atoms with Gasteiger partial charge in [-0.2, -0.15) is 0 Å². The van der Waals surface area contributed by atoms with Crippen LogP contribution in [0.5, 0.6) is 5.75 Å². The molecule has 0 atom stereocenters. The fourth-order valence-corrected chi connectivity index (χ4v) is 1.84. The summed E-state index contributed by atoms with van der Waals surface area (Å²) in [6.45, 7) is 2.70. The first-order chi connectivity index (χ1) is 10.8. The first kappa shape index (κ1) is 16.5. The van der Waals surface area contributed by atoms with Gasteiger partial charge in [0.25, 0.3) is 5.79 Å². The van der Waals surface area contributed by atoms with Gasteiger partial charge < -0.3 is 18.9 Å². The molecule has 1 aliphatic rings. The third kappa shape index (κ3) is 4.32. The molecule has 0 radical (unpaired) electrons. The van der Waals surface area contributed by atoms with Gasteiger partial charge in [0.15, 0.2) is 6.61 Å². The van der Waals surface area contributed by atoms with Crippen molar-refractivity contribution in [3.8, 4) is 5.75 Å². The van der Waals surface area contributed by atoms with Crippen LogP contribution in [0.15, 0.2) is 29.8 Å². The number of cyclic esters (lactones) is 2. The van der Waals surface area contributed by atoms with E-state index in [4.69, 9.17) is 14.2 Å². The number of carbonyl (C=O) groups excluding carboxylic acids is 3. The van der Waals surface area contributed by atoms with Crippen LogP contribution < -0.4 is 4.74 Å². The zero-order valence-electron chi connectivity index (χ0n) is 13.0. The number of hydrogen-bond donors (Lipinski definition) is 0. The Morgan fingerprint density at radius 3 is 2.48 bits per heavy atom. The van der Waals surface area contributed by atoms with Gasteiger partial charge in [-0.05, 0) is 23.8 Å². The molecule has 1 aromatic rings. The Bertz CT molecular complexity index is 651. The molecule has 1 heterocycles. The molecule has 7 heteroatoms. The van der Waals surface area contributed by atoms with E-state index >= 15 is 0 Å². The SMILES string of the molecule is COC(=O)COc1cccc(C=C2C(=O)OC(C)(C)OC2=O)c1. The van der Waals surface area contributed by atoms with Crippen molar-refractivity contribution in [2.45, 2.75) is 19.6 Å². The van der Waals surface area contributed by atoms with Gasteiger partial charge in [0.2, 0.25) is 0 Å². The van der Waals surface area contributed by atoms with Crippen molar-refractivity contribution in [2.24, 2.45) is 0 Å². The Balaban J connectivity index is 2.17. The largest absolute Gasteiger partial charge is 0.482 e. The maximum atomic E-state index is 11.9. The zero-order valence-corrected chi connectivity index (χ0v) is 13.0. The molecule has 0 bridgehead atoms. The van der Waals surface area contributed by atoms with Crippen LogP contribution in [-0.4, -0.2) is 37.4 Å². The number of carbonyl (C=O) groups is 3. The van der Waals surface area contributed by atoms with E-state index in [-0.39, 0.29) is 12.2 Å². The van der Waals surface area contributed by atoms with Crippen LogP contribution in [0.1, 0.15) is 19.4 Å². The number of ether oxygens (including phenoxy) is 4. The molecule has 0 unspecified atom stereocenters. The average Bonchev–Trinajstić information content (AvgIpc) is 2.48. The molecule has 1 saturated heterocycles. The molecule has 122 valence electrons. The van der Waals surface area contributed by atoms with Crippen molar-refractivity contribution in [3.63, 3.8) is 0 Å². The highest BCUT2D eigenvalue weighted by molar-refractivity contribution is 6.18. The molecule has 0 N–H and O–H groups in total. The summed E-state index contributed by atoms with van der Waals surface area (Å²) in [5.41, 5.74) is 0.311. The highest BCUT2D eigenvalue weighted by Crippen LogP contribution is 2.25. The Morgan fingerprint density at radius 2 is 1.87 bits per heavy atom. The normalized spacial score (nSPS) is 16.2. The molecule has 0 aliphatic carbocycles. The lowest BCUT2D eigenvalue weighted by atomic mass is 10.1. The van der Waals surface area contributed by atoms with Crippen LogP contribution in [0.3, 0.4) is 0 Å². The van der Waals surface area contributed by atoms with Gasteiger partial charge in [-0.1, -0.05) is 12.1 Å². The fourth-order valence-electron chi connectivity index (χ4n) is 1.84. The molecule has 0 amide bonds. The third-order valence-electron chi connectivity index (χ3n) is 2.87. The second-order valence-corrected chi connectivity index (χ2v) is 5.17. The maximum absolute atomic E-state index is 11.9. The minimum Gasteiger partial charge on any atom is -0.482 e.